The lowest BCUT2D eigenvalue weighted by Gasteiger charge is -2.35. The fourth-order valence-corrected chi connectivity index (χ4v) is 3.14. The molecule has 82 valence electrons. The summed E-state index contributed by atoms with van der Waals surface area (Å²) in [6.45, 7) is 4.66. The topological polar surface area (TPSA) is 63.9 Å². The summed E-state index contributed by atoms with van der Waals surface area (Å²) in [5, 5.41) is 29.1. The monoisotopic (exact) mass is 201 g/mol. The minimum atomic E-state index is -0.528. The molecule has 14 heavy (non-hydrogen) atoms. The van der Waals surface area contributed by atoms with Crippen LogP contribution < -0.4 is 0 Å². The van der Waals surface area contributed by atoms with Gasteiger partial charge < -0.3 is 15.3 Å². The summed E-state index contributed by atoms with van der Waals surface area (Å²) < 4.78 is 0. The summed E-state index contributed by atoms with van der Waals surface area (Å²) in [7, 11) is 0. The van der Waals surface area contributed by atoms with Gasteiger partial charge in [-0.15, -0.1) is 0 Å². The zero-order chi connectivity index (χ0) is 10.5. The molecule has 5 atom stereocenters. The van der Waals surface area contributed by atoms with Gasteiger partial charge in [-0.05, 0) is 13.3 Å². The highest BCUT2D eigenvalue weighted by Gasteiger charge is 2.59. The Labute approximate surface area is 84.2 Å². The molecule has 0 aromatic rings. The molecule has 4 nitrogen and oxygen atoms in total. The van der Waals surface area contributed by atoms with Crippen molar-refractivity contribution in [3.63, 3.8) is 0 Å². The van der Waals surface area contributed by atoms with E-state index < -0.39 is 6.10 Å². The summed E-state index contributed by atoms with van der Waals surface area (Å²) in [5.41, 5.74) is -0.354. The molecule has 2 fully saturated rings. The van der Waals surface area contributed by atoms with Crippen LogP contribution in [0.2, 0.25) is 0 Å². The van der Waals surface area contributed by atoms with Crippen LogP contribution in [0.15, 0.2) is 0 Å². The molecule has 0 aromatic carbocycles. The summed E-state index contributed by atoms with van der Waals surface area (Å²) in [6.07, 6.45) is -0.173. The molecule has 0 amide bonds. The Balaban J connectivity index is 2.32. The smallest absolute Gasteiger partial charge is 0.0761 e. The van der Waals surface area contributed by atoms with Crippen molar-refractivity contribution in [1.82, 2.24) is 4.90 Å². The van der Waals surface area contributed by atoms with Gasteiger partial charge in [0.1, 0.15) is 0 Å². The number of rotatable bonds is 1. The molecule has 2 heterocycles. The van der Waals surface area contributed by atoms with E-state index >= 15 is 0 Å². The zero-order valence-electron chi connectivity index (χ0n) is 8.72. The first-order valence-electron chi connectivity index (χ1n) is 5.27. The third-order valence-electron chi connectivity index (χ3n) is 4.35. The Hall–Kier alpha value is -0.160. The fourth-order valence-electron chi connectivity index (χ4n) is 3.14. The lowest BCUT2D eigenvalue weighted by atomic mass is 9.83. The van der Waals surface area contributed by atoms with Crippen LogP contribution in [0.3, 0.4) is 0 Å². The van der Waals surface area contributed by atoms with Crippen LogP contribution in [-0.4, -0.2) is 57.2 Å². The van der Waals surface area contributed by atoms with Crippen molar-refractivity contribution in [3.8, 4) is 0 Å². The number of hydrogen-bond donors (Lipinski definition) is 3. The maximum Gasteiger partial charge on any atom is 0.0761 e. The van der Waals surface area contributed by atoms with E-state index in [0.717, 1.165) is 13.0 Å². The van der Waals surface area contributed by atoms with Crippen LogP contribution >= 0.6 is 0 Å². The molecular formula is C10H19NO3. The van der Waals surface area contributed by atoms with Crippen molar-refractivity contribution < 1.29 is 15.3 Å². The first kappa shape index (κ1) is 10.4. The van der Waals surface area contributed by atoms with Crippen LogP contribution in [0.4, 0.5) is 0 Å². The van der Waals surface area contributed by atoms with Gasteiger partial charge in [-0.2, -0.15) is 0 Å². The second-order valence-electron chi connectivity index (χ2n) is 4.75. The first-order valence-corrected chi connectivity index (χ1v) is 5.27. The van der Waals surface area contributed by atoms with Crippen molar-refractivity contribution in [1.29, 1.82) is 0 Å². The molecule has 2 unspecified atom stereocenters. The fraction of sp³-hybridized carbons (Fsp3) is 1.00. The number of nitrogens with zero attached hydrogens (tertiary/aromatic N) is 1. The van der Waals surface area contributed by atoms with Crippen molar-refractivity contribution in [2.24, 2.45) is 5.92 Å². The predicted octanol–water partition coefficient (Wildman–Crippen LogP) is -0.817. The van der Waals surface area contributed by atoms with E-state index in [1.54, 1.807) is 0 Å². The Morgan fingerprint density at radius 3 is 2.64 bits per heavy atom. The summed E-state index contributed by atoms with van der Waals surface area (Å²) in [6, 6.07) is -0.202. The Bertz CT molecular complexity index is 233. The molecule has 0 spiro atoms. The van der Waals surface area contributed by atoms with Crippen LogP contribution in [0.5, 0.6) is 0 Å². The summed E-state index contributed by atoms with van der Waals surface area (Å²) in [5.74, 6) is 0.0112. The molecule has 0 aliphatic carbocycles. The van der Waals surface area contributed by atoms with Crippen molar-refractivity contribution in [2.75, 3.05) is 13.2 Å². The highest BCUT2D eigenvalue weighted by atomic mass is 16.3. The van der Waals surface area contributed by atoms with Gasteiger partial charge in [-0.1, -0.05) is 6.92 Å². The quantitative estimate of drug-likeness (QED) is 0.519. The predicted molar refractivity (Wildman–Crippen MR) is 51.8 cm³/mol. The lowest BCUT2D eigenvalue weighted by molar-refractivity contribution is 0.0244. The van der Waals surface area contributed by atoms with E-state index in [-0.39, 0.29) is 30.2 Å². The van der Waals surface area contributed by atoms with Crippen LogP contribution in [0.25, 0.3) is 0 Å². The van der Waals surface area contributed by atoms with Crippen molar-refractivity contribution in [2.45, 2.75) is 44.1 Å². The highest BCUT2D eigenvalue weighted by Crippen LogP contribution is 2.45. The van der Waals surface area contributed by atoms with E-state index in [1.807, 2.05) is 13.8 Å². The number of aliphatic hydroxyl groups excluding tert-OH is 3. The molecule has 0 saturated carbocycles. The largest absolute Gasteiger partial charge is 0.395 e. The van der Waals surface area contributed by atoms with E-state index in [2.05, 4.69) is 4.90 Å². The van der Waals surface area contributed by atoms with Gasteiger partial charge in [-0.25, -0.2) is 0 Å². The molecule has 0 bridgehead atoms. The van der Waals surface area contributed by atoms with Crippen molar-refractivity contribution >= 4 is 0 Å². The van der Waals surface area contributed by atoms with Crippen LogP contribution in [-0.2, 0) is 0 Å². The van der Waals surface area contributed by atoms with Crippen LogP contribution in [0.1, 0.15) is 20.3 Å². The number of aliphatic hydroxyl groups is 3. The maximum absolute atomic E-state index is 9.93. The van der Waals surface area contributed by atoms with E-state index in [1.165, 1.54) is 0 Å². The minimum Gasteiger partial charge on any atom is -0.395 e. The molecule has 2 saturated heterocycles. The second-order valence-corrected chi connectivity index (χ2v) is 4.75. The maximum atomic E-state index is 9.93. The lowest BCUT2D eigenvalue weighted by Crippen LogP contribution is -2.49. The average Bonchev–Trinajstić information content (AvgIpc) is 2.55. The average molecular weight is 201 g/mol. The molecule has 0 radical (unpaired) electrons. The molecule has 3 N–H and O–H groups in total. The minimum absolute atomic E-state index is 0.0112. The highest BCUT2D eigenvalue weighted by molar-refractivity contribution is 5.13. The van der Waals surface area contributed by atoms with E-state index in [4.69, 9.17) is 0 Å². The number of fused-ring (bicyclic) bond motifs is 1. The number of hydrogen-bond acceptors (Lipinski definition) is 4. The zero-order valence-corrected chi connectivity index (χ0v) is 8.72. The molecule has 2 aliphatic heterocycles. The molecule has 2 rings (SSSR count). The van der Waals surface area contributed by atoms with Gasteiger partial charge in [0.2, 0.25) is 0 Å². The van der Waals surface area contributed by atoms with Gasteiger partial charge >= 0.3 is 0 Å². The molecule has 2 aliphatic rings. The third-order valence-corrected chi connectivity index (χ3v) is 4.35. The standard InChI is InChI=1S/C10H19NO3/c1-6-9(14)7(5-12)11-4-3-8(13)10(6,11)2/h6-9,12-14H,3-5H2,1-2H3/t6?,7-,8-,9-,10?/m0/s1. The molecule has 0 aromatic heterocycles. The van der Waals surface area contributed by atoms with E-state index in [9.17, 15) is 15.3 Å². The Kier molecular flexibility index (Phi) is 2.34. The SMILES string of the molecule is CC1[C@H](O)[C@H](CO)N2CC[C@H](O)C12C. The van der Waals surface area contributed by atoms with Gasteiger partial charge in [-0.3, -0.25) is 4.90 Å². The van der Waals surface area contributed by atoms with Gasteiger partial charge in [0.25, 0.3) is 0 Å². The van der Waals surface area contributed by atoms with Crippen LogP contribution in [0, 0.1) is 5.92 Å². The Morgan fingerprint density at radius 1 is 1.43 bits per heavy atom. The third kappa shape index (κ3) is 1.03. The first-order chi connectivity index (χ1) is 6.53. The summed E-state index contributed by atoms with van der Waals surface area (Å²) in [4.78, 5) is 2.06. The van der Waals surface area contributed by atoms with Gasteiger partial charge in [0, 0.05) is 18.0 Å². The Morgan fingerprint density at radius 2 is 2.07 bits per heavy atom. The van der Waals surface area contributed by atoms with Crippen molar-refractivity contribution in [3.05, 3.63) is 0 Å². The summed E-state index contributed by atoms with van der Waals surface area (Å²) >= 11 is 0. The van der Waals surface area contributed by atoms with Gasteiger partial charge in [0.05, 0.1) is 24.9 Å². The second kappa shape index (κ2) is 3.17. The molecule has 4 heteroatoms. The van der Waals surface area contributed by atoms with Gasteiger partial charge in [0.15, 0.2) is 0 Å². The molecular weight excluding hydrogens is 182 g/mol. The van der Waals surface area contributed by atoms with E-state index in [0.29, 0.717) is 0 Å². The normalized spacial score (nSPS) is 53.8.